The van der Waals surface area contributed by atoms with Crippen LogP contribution in [-0.2, 0) is 13.0 Å². The number of nitrogens with two attached hydrogens (primary N) is 1. The number of carboxylic acid groups (broad SMARTS) is 1. The summed E-state index contributed by atoms with van der Waals surface area (Å²) in [5, 5.41) is 22.0. The monoisotopic (exact) mass is 341 g/mol. The minimum Gasteiger partial charge on any atom is -0.534 e. The molecule has 8 nitrogen and oxygen atoms in total. The van der Waals surface area contributed by atoms with Crippen LogP contribution in [0, 0.1) is 0 Å². The fourth-order valence-corrected chi connectivity index (χ4v) is 2.70. The fraction of sp³-hybridized carbons (Fsp3) is 0.188. The summed E-state index contributed by atoms with van der Waals surface area (Å²) in [6.45, 7) is 0.210. The van der Waals surface area contributed by atoms with Crippen LogP contribution in [0.15, 0.2) is 36.5 Å². The van der Waals surface area contributed by atoms with E-state index in [-0.39, 0.29) is 24.3 Å². The van der Waals surface area contributed by atoms with Gasteiger partial charge in [0.25, 0.3) is 5.91 Å². The van der Waals surface area contributed by atoms with E-state index in [1.54, 1.807) is 24.3 Å². The first-order valence-corrected chi connectivity index (χ1v) is 7.65. The van der Waals surface area contributed by atoms with Crippen LogP contribution in [0.2, 0.25) is 0 Å². The van der Waals surface area contributed by atoms with Crippen molar-refractivity contribution in [2.24, 2.45) is 5.73 Å². The van der Waals surface area contributed by atoms with Gasteiger partial charge in [0.1, 0.15) is 5.75 Å². The van der Waals surface area contributed by atoms with E-state index in [1.165, 1.54) is 12.3 Å². The topological polar surface area (TPSA) is 135 Å². The molecule has 3 rings (SSSR count). The Morgan fingerprint density at radius 1 is 1.40 bits per heavy atom. The molecule has 1 unspecified atom stereocenters. The number of hydrogen-bond acceptors (Lipinski definition) is 6. The van der Waals surface area contributed by atoms with Crippen LogP contribution in [0.3, 0.4) is 0 Å². The van der Waals surface area contributed by atoms with Gasteiger partial charge in [0.2, 0.25) is 0 Å². The van der Waals surface area contributed by atoms with Gasteiger partial charge in [-0.25, -0.2) is 4.79 Å². The zero-order chi connectivity index (χ0) is 18.0. The summed E-state index contributed by atoms with van der Waals surface area (Å²) in [4.78, 5) is 27.6. The van der Waals surface area contributed by atoms with Crippen molar-refractivity contribution in [3.63, 3.8) is 0 Å². The molecule has 0 bridgehead atoms. The number of nitrogens with one attached hydrogen (secondary N) is 1. The van der Waals surface area contributed by atoms with Gasteiger partial charge in [-0.2, -0.15) is 0 Å². The molecule has 1 aromatic carbocycles. The highest BCUT2D eigenvalue weighted by atomic mass is 16.5. The number of para-hydroxylation sites is 1. The normalized spacial score (nSPS) is 15.9. The van der Waals surface area contributed by atoms with Gasteiger partial charge in [0.05, 0.1) is 17.2 Å². The van der Waals surface area contributed by atoms with E-state index < -0.39 is 24.9 Å². The molecule has 0 saturated carbocycles. The van der Waals surface area contributed by atoms with E-state index in [1.807, 2.05) is 0 Å². The Hall–Kier alpha value is -2.91. The lowest BCUT2D eigenvalue weighted by Crippen LogP contribution is -2.53. The minimum atomic E-state index is -1.35. The number of aromatic carboxylic acids is 1. The van der Waals surface area contributed by atoms with Crippen LogP contribution in [-0.4, -0.2) is 40.1 Å². The number of hydrogen-bond donors (Lipinski definition) is 4. The highest BCUT2D eigenvalue weighted by Crippen LogP contribution is 2.30. The molecule has 9 heteroatoms. The van der Waals surface area contributed by atoms with Gasteiger partial charge in [-0.1, -0.05) is 12.1 Å². The first-order chi connectivity index (χ1) is 12.0. The second-order valence-corrected chi connectivity index (χ2v) is 5.63. The van der Waals surface area contributed by atoms with E-state index in [0.29, 0.717) is 16.8 Å². The Morgan fingerprint density at radius 3 is 2.92 bits per heavy atom. The molecule has 128 valence electrons. The van der Waals surface area contributed by atoms with Crippen molar-refractivity contribution in [2.45, 2.75) is 18.9 Å². The van der Waals surface area contributed by atoms with Gasteiger partial charge in [-0.3, -0.25) is 9.78 Å². The Kier molecular flexibility index (Phi) is 4.69. The van der Waals surface area contributed by atoms with Crippen molar-refractivity contribution in [1.29, 1.82) is 0 Å². The van der Waals surface area contributed by atoms with Crippen LogP contribution in [0.4, 0.5) is 0 Å². The molecular weight excluding hydrogens is 325 g/mol. The zero-order valence-electron chi connectivity index (χ0n) is 13.2. The molecule has 1 atom stereocenters. The minimum absolute atomic E-state index is 0.0250. The molecule has 1 aromatic heterocycles. The van der Waals surface area contributed by atoms with E-state index in [0.717, 1.165) is 0 Å². The predicted molar refractivity (Wildman–Crippen MR) is 89.1 cm³/mol. The van der Waals surface area contributed by atoms with Crippen molar-refractivity contribution in [1.82, 2.24) is 10.3 Å². The van der Waals surface area contributed by atoms with Crippen LogP contribution >= 0.6 is 0 Å². The maximum absolute atomic E-state index is 12.4. The third-order valence-corrected chi connectivity index (χ3v) is 3.95. The summed E-state index contributed by atoms with van der Waals surface area (Å²) in [5.41, 5.74) is 7.04. The van der Waals surface area contributed by atoms with E-state index >= 15 is 0 Å². The van der Waals surface area contributed by atoms with Crippen molar-refractivity contribution < 1.29 is 24.4 Å². The van der Waals surface area contributed by atoms with Gasteiger partial charge in [-0.15, -0.1) is 0 Å². The van der Waals surface area contributed by atoms with Gasteiger partial charge >= 0.3 is 13.1 Å². The van der Waals surface area contributed by atoms with Crippen LogP contribution in [0.5, 0.6) is 5.75 Å². The molecule has 2 aromatic rings. The number of pyridine rings is 1. The average molecular weight is 341 g/mol. The van der Waals surface area contributed by atoms with Crippen LogP contribution in [0.25, 0.3) is 0 Å². The largest absolute Gasteiger partial charge is 0.547 e. The maximum Gasteiger partial charge on any atom is 0.547 e. The Morgan fingerprint density at radius 2 is 2.20 bits per heavy atom. The Balaban J connectivity index is 1.79. The molecule has 0 aliphatic carbocycles. The quantitative estimate of drug-likeness (QED) is 0.575. The molecule has 1 aliphatic rings. The van der Waals surface area contributed by atoms with Crippen LogP contribution < -0.4 is 15.7 Å². The number of fused-ring (bicyclic) bond motifs is 1. The zero-order valence-corrected chi connectivity index (χ0v) is 13.2. The summed E-state index contributed by atoms with van der Waals surface area (Å²) in [6, 6.07) is 7.81. The number of carbonyl (C=O) groups excluding carboxylic acids is 1. The molecule has 2 heterocycles. The van der Waals surface area contributed by atoms with Crippen molar-refractivity contribution >= 4 is 19.0 Å². The van der Waals surface area contributed by atoms with Crippen LogP contribution in [0.1, 0.15) is 32.0 Å². The van der Waals surface area contributed by atoms with Gasteiger partial charge in [0.15, 0.2) is 0 Å². The van der Waals surface area contributed by atoms with E-state index in [4.69, 9.17) is 10.4 Å². The van der Waals surface area contributed by atoms with Gasteiger partial charge in [-0.05, 0) is 30.2 Å². The van der Waals surface area contributed by atoms with E-state index in [9.17, 15) is 19.7 Å². The molecule has 0 radical (unpaired) electrons. The second kappa shape index (κ2) is 6.92. The Labute approximate surface area is 143 Å². The lowest BCUT2D eigenvalue weighted by molar-refractivity contribution is 0.0693. The molecule has 0 saturated heterocycles. The number of amides is 1. The fourth-order valence-electron chi connectivity index (χ4n) is 2.70. The molecule has 1 amide bonds. The predicted octanol–water partition coefficient (Wildman–Crippen LogP) is -0.00830. The maximum atomic E-state index is 12.4. The van der Waals surface area contributed by atoms with Crippen molar-refractivity contribution in [3.05, 3.63) is 58.9 Å². The number of carbonyl (C=O) groups is 2. The standard InChI is InChI=1S/C16H16BN3O5/c18-8-11-6-10(4-5-19-11)15(21)20-13-7-9-2-1-3-12(16(22)23)14(9)25-17(13)24/h1-6,13,24H,7-8,18H2,(H,20,21)(H,22,23). The molecule has 25 heavy (non-hydrogen) atoms. The average Bonchev–Trinajstić information content (AvgIpc) is 2.61. The molecule has 1 aliphatic heterocycles. The summed E-state index contributed by atoms with van der Waals surface area (Å²) in [7, 11) is -1.35. The lowest BCUT2D eigenvalue weighted by Gasteiger charge is -2.28. The smallest absolute Gasteiger partial charge is 0.534 e. The van der Waals surface area contributed by atoms with Crippen molar-refractivity contribution in [2.75, 3.05) is 0 Å². The summed E-state index contributed by atoms with van der Waals surface area (Å²) >= 11 is 0. The highest BCUT2D eigenvalue weighted by Gasteiger charge is 2.37. The highest BCUT2D eigenvalue weighted by molar-refractivity contribution is 6.47. The summed E-state index contributed by atoms with van der Waals surface area (Å²) in [6.07, 6.45) is 1.73. The number of nitrogens with zero attached hydrogens (tertiary/aromatic N) is 1. The summed E-state index contributed by atoms with van der Waals surface area (Å²) < 4.78 is 5.35. The second-order valence-electron chi connectivity index (χ2n) is 5.63. The van der Waals surface area contributed by atoms with E-state index in [2.05, 4.69) is 10.3 Å². The van der Waals surface area contributed by atoms with Gasteiger partial charge < -0.3 is 25.8 Å². The SMILES string of the molecule is NCc1cc(C(=O)NC2Cc3cccc(C(=O)O)c3OB2O)ccn1. The number of aromatic nitrogens is 1. The first-order valence-electron chi connectivity index (χ1n) is 7.65. The lowest BCUT2D eigenvalue weighted by atomic mass is 9.72. The van der Waals surface area contributed by atoms with Gasteiger partial charge in [0, 0.05) is 18.3 Å². The van der Waals surface area contributed by atoms with Crippen molar-refractivity contribution in [3.8, 4) is 5.75 Å². The number of rotatable bonds is 4. The molecule has 5 N–H and O–H groups in total. The Bertz CT molecular complexity index is 829. The number of carboxylic acids is 1. The number of benzene rings is 1. The molecular formula is C16H16BN3O5. The molecule has 0 spiro atoms. The molecule has 0 fully saturated rings. The third kappa shape index (κ3) is 3.47. The summed E-state index contributed by atoms with van der Waals surface area (Å²) in [5.74, 6) is -2.12. The first kappa shape index (κ1) is 16.9. The third-order valence-electron chi connectivity index (χ3n) is 3.95.